The van der Waals surface area contributed by atoms with Gasteiger partial charge in [0, 0.05) is 24.7 Å². The Morgan fingerprint density at radius 2 is 1.84 bits per heavy atom. The zero-order valence-corrected chi connectivity index (χ0v) is 16.7. The van der Waals surface area contributed by atoms with E-state index in [9.17, 15) is 29.8 Å². The van der Waals surface area contributed by atoms with E-state index in [0.717, 1.165) is 12.3 Å². The summed E-state index contributed by atoms with van der Waals surface area (Å²) in [6.45, 7) is -0.0316. The van der Waals surface area contributed by atoms with Gasteiger partial charge in [0.2, 0.25) is 0 Å². The monoisotopic (exact) mass is 464 g/mol. The maximum Gasteiger partial charge on any atom is 0.316 e. The van der Waals surface area contributed by atoms with Crippen LogP contribution in [0.25, 0.3) is 0 Å². The molecule has 1 aromatic carbocycles. The first kappa shape index (κ1) is 22.3. The number of hydrogen-bond acceptors (Lipinski definition) is 10. The zero-order valence-electron chi connectivity index (χ0n) is 15.9. The molecule has 0 aliphatic rings. The van der Waals surface area contributed by atoms with E-state index in [0.29, 0.717) is 0 Å². The molecule has 0 bridgehead atoms. The van der Waals surface area contributed by atoms with E-state index in [2.05, 4.69) is 25.9 Å². The number of nitrogens with one attached hydrogen (secondary N) is 2. The number of nitro benzene ring substituents is 1. The first-order chi connectivity index (χ1) is 15.2. The van der Waals surface area contributed by atoms with Gasteiger partial charge in [-0.1, -0.05) is 16.8 Å². The third-order valence-corrected chi connectivity index (χ3v) is 4.22. The average molecular weight is 465 g/mol. The summed E-state index contributed by atoms with van der Waals surface area (Å²) in [6.07, 6.45) is 2.23. The molecule has 0 fully saturated rings. The molecule has 0 unspecified atom stereocenters. The molecule has 0 spiro atoms. The second-order valence-corrected chi connectivity index (χ2v) is 6.51. The second kappa shape index (κ2) is 9.61. The number of nitrogens with zero attached hydrogens (tertiary/aromatic N) is 6. The van der Waals surface area contributed by atoms with Crippen LogP contribution in [0.15, 0.2) is 35.1 Å². The number of hydrogen-bond donors (Lipinski definition) is 2. The van der Waals surface area contributed by atoms with Crippen LogP contribution in [0.3, 0.4) is 0 Å². The van der Waals surface area contributed by atoms with Crippen LogP contribution in [-0.2, 0) is 6.54 Å². The molecule has 0 aliphatic heterocycles. The van der Waals surface area contributed by atoms with Gasteiger partial charge < -0.3 is 15.2 Å². The lowest BCUT2D eigenvalue weighted by Gasteiger charge is -2.06. The SMILES string of the molecule is O=C(NCCNC(=O)c1nc(Cn2cc([N+](=O)[O-])cn2)no1)c1ccc(Cl)c([N+](=O)[O-])c1. The Morgan fingerprint density at radius 1 is 1.12 bits per heavy atom. The molecule has 16 heteroatoms. The van der Waals surface area contributed by atoms with E-state index in [1.54, 1.807) is 0 Å². The Hall–Kier alpha value is -4.40. The highest BCUT2D eigenvalue weighted by atomic mass is 35.5. The van der Waals surface area contributed by atoms with Crippen LogP contribution in [0.4, 0.5) is 11.4 Å². The third kappa shape index (κ3) is 5.39. The van der Waals surface area contributed by atoms with Crippen molar-refractivity contribution in [2.45, 2.75) is 6.54 Å². The number of carbonyl (C=O) groups is 2. The van der Waals surface area contributed by atoms with Gasteiger partial charge in [0.1, 0.15) is 24.0 Å². The third-order valence-electron chi connectivity index (χ3n) is 3.90. The summed E-state index contributed by atoms with van der Waals surface area (Å²) in [4.78, 5) is 48.2. The van der Waals surface area contributed by atoms with E-state index in [4.69, 9.17) is 16.1 Å². The van der Waals surface area contributed by atoms with Gasteiger partial charge in [-0.15, -0.1) is 0 Å². The van der Waals surface area contributed by atoms with Gasteiger partial charge in [0.15, 0.2) is 5.82 Å². The molecule has 2 N–H and O–H groups in total. The molecule has 15 nitrogen and oxygen atoms in total. The summed E-state index contributed by atoms with van der Waals surface area (Å²) in [7, 11) is 0. The maximum atomic E-state index is 12.1. The fourth-order valence-corrected chi connectivity index (χ4v) is 2.60. The van der Waals surface area contributed by atoms with Crippen molar-refractivity contribution < 1.29 is 24.0 Å². The molecule has 2 heterocycles. The molecule has 2 aromatic heterocycles. The molecule has 3 aromatic rings. The van der Waals surface area contributed by atoms with Crippen molar-refractivity contribution in [1.29, 1.82) is 0 Å². The second-order valence-electron chi connectivity index (χ2n) is 6.10. The predicted octanol–water partition coefficient (Wildman–Crippen LogP) is 0.944. The van der Waals surface area contributed by atoms with Crippen LogP contribution >= 0.6 is 11.6 Å². The number of nitro groups is 2. The Balaban J connectivity index is 1.47. The number of carbonyl (C=O) groups excluding carboxylic acids is 2. The van der Waals surface area contributed by atoms with E-state index in [1.807, 2.05) is 0 Å². The number of aromatic nitrogens is 4. The molecule has 0 saturated carbocycles. The lowest BCUT2D eigenvalue weighted by molar-refractivity contribution is -0.385. The molecular weight excluding hydrogens is 452 g/mol. The predicted molar refractivity (Wildman–Crippen MR) is 105 cm³/mol. The lowest BCUT2D eigenvalue weighted by Crippen LogP contribution is -2.34. The van der Waals surface area contributed by atoms with Crippen molar-refractivity contribution in [2.24, 2.45) is 0 Å². The van der Waals surface area contributed by atoms with Gasteiger partial charge in [-0.3, -0.25) is 34.5 Å². The number of amides is 2. The Bertz CT molecular complexity index is 1190. The maximum absolute atomic E-state index is 12.1. The number of halogens is 1. The topological polar surface area (TPSA) is 201 Å². The summed E-state index contributed by atoms with van der Waals surface area (Å²) in [5, 5.41) is 33.8. The van der Waals surface area contributed by atoms with Gasteiger partial charge in [-0.25, -0.2) is 0 Å². The standard InChI is InChI=1S/C16H13ClN8O7/c17-11-2-1-9(5-12(11)25(30)31)14(26)18-3-4-19-15(27)16-21-13(22-32-16)8-23-7-10(6-20-23)24(28)29/h1-2,5-7H,3-4,8H2,(H,18,26)(H,19,27). The van der Waals surface area contributed by atoms with E-state index < -0.39 is 27.3 Å². The highest BCUT2D eigenvalue weighted by Gasteiger charge is 2.18. The minimum atomic E-state index is -0.703. The molecule has 32 heavy (non-hydrogen) atoms. The molecule has 0 atom stereocenters. The highest BCUT2D eigenvalue weighted by Crippen LogP contribution is 2.24. The molecule has 0 aliphatic carbocycles. The molecule has 166 valence electrons. The van der Waals surface area contributed by atoms with Crippen molar-refractivity contribution in [2.75, 3.05) is 13.1 Å². The smallest absolute Gasteiger partial charge is 0.316 e. The van der Waals surface area contributed by atoms with Gasteiger partial charge in [0.25, 0.3) is 11.6 Å². The molecule has 0 radical (unpaired) electrons. The Labute approximate surface area is 182 Å². The van der Waals surface area contributed by atoms with E-state index in [1.165, 1.54) is 23.0 Å². The molecular formula is C16H13ClN8O7. The number of benzene rings is 1. The minimum absolute atomic E-state index is 0.00329. The van der Waals surface area contributed by atoms with Crippen LogP contribution in [-0.4, -0.2) is 54.7 Å². The van der Waals surface area contributed by atoms with Crippen LogP contribution in [0.5, 0.6) is 0 Å². The van der Waals surface area contributed by atoms with Gasteiger partial charge in [0.05, 0.1) is 9.85 Å². The summed E-state index contributed by atoms with van der Waals surface area (Å²) >= 11 is 5.70. The first-order valence-electron chi connectivity index (χ1n) is 8.74. The van der Waals surface area contributed by atoms with Crippen LogP contribution in [0.2, 0.25) is 5.02 Å². The van der Waals surface area contributed by atoms with Crippen molar-refractivity contribution in [1.82, 2.24) is 30.6 Å². The van der Waals surface area contributed by atoms with E-state index in [-0.39, 0.29) is 47.6 Å². The number of rotatable bonds is 9. The van der Waals surface area contributed by atoms with Crippen LogP contribution < -0.4 is 10.6 Å². The lowest BCUT2D eigenvalue weighted by atomic mass is 10.2. The van der Waals surface area contributed by atoms with E-state index >= 15 is 0 Å². The Kier molecular flexibility index (Phi) is 6.69. The summed E-state index contributed by atoms with van der Waals surface area (Å²) in [6, 6.07) is 3.62. The van der Waals surface area contributed by atoms with Gasteiger partial charge >= 0.3 is 17.5 Å². The summed E-state index contributed by atoms with van der Waals surface area (Å²) in [5.74, 6) is -1.56. The van der Waals surface area contributed by atoms with Crippen molar-refractivity contribution in [3.63, 3.8) is 0 Å². The normalized spacial score (nSPS) is 10.5. The van der Waals surface area contributed by atoms with Gasteiger partial charge in [-0.2, -0.15) is 10.1 Å². The zero-order chi connectivity index (χ0) is 23.3. The first-order valence-corrected chi connectivity index (χ1v) is 9.12. The largest absolute Gasteiger partial charge is 0.350 e. The fourth-order valence-electron chi connectivity index (χ4n) is 2.41. The van der Waals surface area contributed by atoms with Crippen LogP contribution in [0, 0.1) is 20.2 Å². The van der Waals surface area contributed by atoms with Crippen molar-refractivity contribution in [3.8, 4) is 0 Å². The fraction of sp³-hybridized carbons (Fsp3) is 0.188. The Morgan fingerprint density at radius 3 is 2.50 bits per heavy atom. The average Bonchev–Trinajstić information content (AvgIpc) is 3.41. The van der Waals surface area contributed by atoms with Gasteiger partial charge in [-0.05, 0) is 12.1 Å². The molecule has 2 amide bonds. The quantitative estimate of drug-likeness (QED) is 0.260. The van der Waals surface area contributed by atoms with Crippen molar-refractivity contribution in [3.05, 3.63) is 73.1 Å². The minimum Gasteiger partial charge on any atom is -0.350 e. The summed E-state index contributed by atoms with van der Waals surface area (Å²) < 4.78 is 6.04. The summed E-state index contributed by atoms with van der Waals surface area (Å²) in [5.41, 5.74) is -0.570. The van der Waals surface area contributed by atoms with Crippen LogP contribution in [0.1, 0.15) is 26.9 Å². The van der Waals surface area contributed by atoms with Crippen molar-refractivity contribution >= 4 is 34.8 Å². The highest BCUT2D eigenvalue weighted by molar-refractivity contribution is 6.32. The molecule has 0 saturated heterocycles. The molecule has 3 rings (SSSR count).